The first-order valence-electron chi connectivity index (χ1n) is 6.18. The average molecular weight is 322 g/mol. The van der Waals surface area contributed by atoms with Gasteiger partial charge in [-0.1, -0.05) is 22.9 Å². The molecule has 0 fully saturated rings. The van der Waals surface area contributed by atoms with Crippen LogP contribution in [0.25, 0.3) is 0 Å². The summed E-state index contributed by atoms with van der Waals surface area (Å²) >= 11 is 3.39. The molecule has 0 saturated carbocycles. The lowest BCUT2D eigenvalue weighted by Crippen LogP contribution is -2.29. The lowest BCUT2D eigenvalue weighted by molar-refractivity contribution is 0.0933. The molecule has 0 aliphatic carbocycles. The van der Waals surface area contributed by atoms with E-state index in [1.807, 2.05) is 32.0 Å². The van der Waals surface area contributed by atoms with Crippen molar-refractivity contribution in [1.29, 1.82) is 0 Å². The largest absolute Gasteiger partial charge is 0.347 e. The molecule has 1 aromatic carbocycles. The minimum atomic E-state index is -0.0921. The second-order valence-electron chi connectivity index (χ2n) is 4.37. The van der Waals surface area contributed by atoms with E-state index in [-0.39, 0.29) is 11.9 Å². The number of rotatable bonds is 4. The Kier molecular flexibility index (Phi) is 4.37. The molecule has 2 rings (SSSR count). The van der Waals surface area contributed by atoms with Gasteiger partial charge in [0, 0.05) is 22.4 Å². The fourth-order valence-corrected chi connectivity index (χ4v) is 2.43. The van der Waals surface area contributed by atoms with E-state index < -0.39 is 0 Å². The van der Waals surface area contributed by atoms with Crippen molar-refractivity contribution in [3.63, 3.8) is 0 Å². The Hall–Kier alpha value is -1.62. The molecule has 19 heavy (non-hydrogen) atoms. The molecule has 5 heteroatoms. The molecule has 1 amide bonds. The summed E-state index contributed by atoms with van der Waals surface area (Å²) in [5.41, 5.74) is 1.63. The highest BCUT2D eigenvalue weighted by atomic mass is 79.9. The number of amides is 1. The van der Waals surface area contributed by atoms with Gasteiger partial charge in [-0.25, -0.2) is 4.98 Å². The highest BCUT2D eigenvalue weighted by Crippen LogP contribution is 2.18. The van der Waals surface area contributed by atoms with Gasteiger partial charge in [-0.2, -0.15) is 0 Å². The van der Waals surface area contributed by atoms with Gasteiger partial charge in [-0.15, -0.1) is 0 Å². The Morgan fingerprint density at radius 1 is 1.53 bits per heavy atom. The summed E-state index contributed by atoms with van der Waals surface area (Å²) in [6.07, 6.45) is 4.24. The van der Waals surface area contributed by atoms with Gasteiger partial charge < -0.3 is 10.3 Å². The van der Waals surface area contributed by atoms with Crippen LogP contribution in [0.15, 0.2) is 35.1 Å². The maximum absolute atomic E-state index is 12.3. The van der Waals surface area contributed by atoms with Crippen molar-refractivity contribution < 1.29 is 4.79 Å². The summed E-state index contributed by atoms with van der Waals surface area (Å²) in [6, 6.07) is 5.54. The minimum absolute atomic E-state index is 0.0757. The number of nitrogens with zero attached hydrogens (tertiary/aromatic N) is 1. The van der Waals surface area contributed by atoms with Crippen LogP contribution in [0.4, 0.5) is 0 Å². The Balaban J connectivity index is 2.16. The number of carbonyl (C=O) groups is 1. The number of aryl methyl sites for hydroxylation is 1. The number of benzene rings is 1. The predicted octanol–water partition coefficient (Wildman–Crippen LogP) is 3.36. The van der Waals surface area contributed by atoms with Gasteiger partial charge >= 0.3 is 0 Å². The number of hydrogen-bond donors (Lipinski definition) is 2. The monoisotopic (exact) mass is 321 g/mol. The molecule has 0 spiro atoms. The summed E-state index contributed by atoms with van der Waals surface area (Å²) in [4.78, 5) is 19.5. The summed E-state index contributed by atoms with van der Waals surface area (Å²) in [5, 5.41) is 3.00. The molecule has 2 N–H and O–H groups in total. The first kappa shape index (κ1) is 13.8. The fraction of sp³-hybridized carbons (Fsp3) is 0.286. The van der Waals surface area contributed by atoms with Crippen molar-refractivity contribution >= 4 is 21.8 Å². The SMILES string of the molecule is CCC(NC(=O)c1ccc(Br)cc1C)c1ncc[nH]1. The van der Waals surface area contributed by atoms with Crippen molar-refractivity contribution in [3.8, 4) is 0 Å². The van der Waals surface area contributed by atoms with Crippen molar-refractivity contribution in [1.82, 2.24) is 15.3 Å². The van der Waals surface area contributed by atoms with E-state index in [0.29, 0.717) is 5.56 Å². The van der Waals surface area contributed by atoms with Gasteiger partial charge in [0.25, 0.3) is 5.91 Å². The Labute approximate surface area is 120 Å². The zero-order valence-electron chi connectivity index (χ0n) is 10.9. The number of carbonyl (C=O) groups excluding carboxylic acids is 1. The third-order valence-electron chi connectivity index (χ3n) is 3.00. The highest BCUT2D eigenvalue weighted by molar-refractivity contribution is 9.10. The maximum Gasteiger partial charge on any atom is 0.252 e. The quantitative estimate of drug-likeness (QED) is 0.907. The van der Waals surface area contributed by atoms with Gasteiger partial charge in [0.05, 0.1) is 6.04 Å². The van der Waals surface area contributed by atoms with Crippen molar-refractivity contribution in [3.05, 3.63) is 52.0 Å². The molecule has 1 heterocycles. The van der Waals surface area contributed by atoms with E-state index in [2.05, 4.69) is 31.2 Å². The van der Waals surface area contributed by atoms with Crippen LogP contribution >= 0.6 is 15.9 Å². The number of aromatic nitrogens is 2. The van der Waals surface area contributed by atoms with Crippen molar-refractivity contribution in [2.45, 2.75) is 26.3 Å². The van der Waals surface area contributed by atoms with Crippen LogP contribution in [-0.2, 0) is 0 Å². The lowest BCUT2D eigenvalue weighted by atomic mass is 10.1. The third kappa shape index (κ3) is 3.23. The molecule has 0 saturated heterocycles. The van der Waals surface area contributed by atoms with E-state index in [4.69, 9.17) is 0 Å². The van der Waals surface area contributed by atoms with Crippen molar-refractivity contribution in [2.75, 3.05) is 0 Å². The second-order valence-corrected chi connectivity index (χ2v) is 5.28. The molecular formula is C14H16BrN3O. The standard InChI is InChI=1S/C14H16BrN3O/c1-3-12(13-16-6-7-17-13)18-14(19)11-5-4-10(15)8-9(11)2/h4-8,12H,3H2,1-2H3,(H,16,17)(H,18,19). The van der Waals surface area contributed by atoms with Crippen LogP contribution in [0.3, 0.4) is 0 Å². The van der Waals surface area contributed by atoms with E-state index >= 15 is 0 Å². The number of halogens is 1. The number of imidazole rings is 1. The van der Waals surface area contributed by atoms with Crippen LogP contribution in [-0.4, -0.2) is 15.9 Å². The van der Waals surface area contributed by atoms with Gasteiger partial charge in [0.1, 0.15) is 5.82 Å². The molecule has 1 atom stereocenters. The highest BCUT2D eigenvalue weighted by Gasteiger charge is 2.17. The molecule has 1 unspecified atom stereocenters. The number of hydrogen-bond acceptors (Lipinski definition) is 2. The Bertz CT molecular complexity index is 566. The number of H-pyrrole nitrogens is 1. The molecule has 0 radical (unpaired) electrons. The van der Waals surface area contributed by atoms with Gasteiger partial charge in [0.2, 0.25) is 0 Å². The predicted molar refractivity (Wildman–Crippen MR) is 78.0 cm³/mol. The Morgan fingerprint density at radius 2 is 2.32 bits per heavy atom. The number of nitrogens with one attached hydrogen (secondary N) is 2. The molecule has 0 aliphatic heterocycles. The fourth-order valence-electron chi connectivity index (χ4n) is 1.95. The molecule has 100 valence electrons. The van der Waals surface area contributed by atoms with Gasteiger partial charge in [-0.05, 0) is 37.1 Å². The Morgan fingerprint density at radius 3 is 2.89 bits per heavy atom. The lowest BCUT2D eigenvalue weighted by Gasteiger charge is -2.15. The maximum atomic E-state index is 12.3. The molecule has 0 aliphatic rings. The van der Waals surface area contributed by atoms with Crippen LogP contribution in [0, 0.1) is 6.92 Å². The summed E-state index contributed by atoms with van der Waals surface area (Å²) in [6.45, 7) is 3.94. The first-order chi connectivity index (χ1) is 9.11. The van der Waals surface area contributed by atoms with Crippen LogP contribution < -0.4 is 5.32 Å². The topological polar surface area (TPSA) is 57.8 Å². The van der Waals surface area contributed by atoms with Crippen LogP contribution in [0.2, 0.25) is 0 Å². The van der Waals surface area contributed by atoms with E-state index in [0.717, 1.165) is 22.3 Å². The average Bonchev–Trinajstić information content (AvgIpc) is 2.89. The zero-order valence-corrected chi connectivity index (χ0v) is 12.5. The summed E-state index contributed by atoms with van der Waals surface area (Å²) in [7, 11) is 0. The second kappa shape index (κ2) is 6.02. The summed E-state index contributed by atoms with van der Waals surface area (Å²) < 4.78 is 0.972. The van der Waals surface area contributed by atoms with Gasteiger partial charge in [-0.3, -0.25) is 4.79 Å². The zero-order chi connectivity index (χ0) is 13.8. The first-order valence-corrected chi connectivity index (χ1v) is 6.97. The van der Waals surface area contributed by atoms with E-state index in [1.54, 1.807) is 12.4 Å². The molecule has 0 bridgehead atoms. The van der Waals surface area contributed by atoms with Crippen LogP contribution in [0.5, 0.6) is 0 Å². The molecular weight excluding hydrogens is 306 g/mol. The van der Waals surface area contributed by atoms with Gasteiger partial charge in [0.15, 0.2) is 0 Å². The van der Waals surface area contributed by atoms with E-state index in [1.165, 1.54) is 0 Å². The third-order valence-corrected chi connectivity index (χ3v) is 3.49. The molecule has 2 aromatic rings. The van der Waals surface area contributed by atoms with E-state index in [9.17, 15) is 4.79 Å². The summed E-state index contributed by atoms with van der Waals surface area (Å²) in [5.74, 6) is 0.707. The van der Waals surface area contributed by atoms with Crippen molar-refractivity contribution in [2.24, 2.45) is 0 Å². The van der Waals surface area contributed by atoms with Crippen LogP contribution in [0.1, 0.15) is 41.1 Å². The smallest absolute Gasteiger partial charge is 0.252 e. The number of aromatic amines is 1. The minimum Gasteiger partial charge on any atom is -0.347 e. The normalized spacial score (nSPS) is 12.2. The molecule has 1 aromatic heterocycles. The molecule has 4 nitrogen and oxygen atoms in total.